The number of hydrogen-bond acceptors (Lipinski definition) is 7. The quantitative estimate of drug-likeness (QED) is 0.635. The summed E-state index contributed by atoms with van der Waals surface area (Å²) in [5.74, 6) is 0.789. The highest BCUT2D eigenvalue weighted by Gasteiger charge is 2.34. The summed E-state index contributed by atoms with van der Waals surface area (Å²) < 4.78 is 39.1. The van der Waals surface area contributed by atoms with Crippen LogP contribution in [0.3, 0.4) is 0 Å². The molecule has 0 radical (unpaired) electrons. The van der Waals surface area contributed by atoms with Crippen LogP contribution in [-0.2, 0) is 10.0 Å². The second-order valence-corrected chi connectivity index (χ2v) is 7.47. The maximum absolute atomic E-state index is 12.5. The van der Waals surface area contributed by atoms with E-state index in [4.69, 9.17) is 9.47 Å². The van der Waals surface area contributed by atoms with Gasteiger partial charge in [0.1, 0.15) is 10.6 Å². The van der Waals surface area contributed by atoms with Gasteiger partial charge in [0.25, 0.3) is 10.0 Å². The summed E-state index contributed by atoms with van der Waals surface area (Å²) in [4.78, 5) is 0.0407. The van der Waals surface area contributed by atoms with Crippen molar-refractivity contribution in [3.05, 3.63) is 47.0 Å². The first kappa shape index (κ1) is 18.7. The Balaban J connectivity index is 1.98. The van der Waals surface area contributed by atoms with Crippen molar-refractivity contribution in [2.45, 2.75) is 11.8 Å². The average molecular weight is 389 g/mol. The van der Waals surface area contributed by atoms with Crippen LogP contribution in [0.2, 0.25) is 0 Å². The van der Waals surface area contributed by atoms with E-state index in [2.05, 4.69) is 9.50 Å². The van der Waals surface area contributed by atoms with Gasteiger partial charge in [0, 0.05) is 12.6 Å². The molecule has 0 saturated heterocycles. The zero-order valence-corrected chi connectivity index (χ0v) is 16.1. The van der Waals surface area contributed by atoms with Crippen LogP contribution in [0.4, 0.5) is 0 Å². The molecule has 2 aromatic rings. The zero-order valence-electron chi connectivity index (χ0n) is 15.3. The molecule has 0 unspecified atom stereocenters. The largest absolute Gasteiger partial charge is 0.504 e. The molecule has 142 valence electrons. The Morgan fingerprint density at radius 3 is 2.52 bits per heavy atom. The molecule has 0 aromatic heterocycles. The summed E-state index contributed by atoms with van der Waals surface area (Å²) in [6.45, 7) is 1.84. The van der Waals surface area contributed by atoms with Crippen molar-refractivity contribution in [1.29, 1.82) is 0 Å². The minimum Gasteiger partial charge on any atom is -0.504 e. The first-order valence-corrected chi connectivity index (χ1v) is 9.39. The fraction of sp³-hybridized carbons (Fsp3) is 0.222. The molecule has 0 aliphatic carbocycles. The summed E-state index contributed by atoms with van der Waals surface area (Å²) in [5.41, 5.74) is 1.95. The highest BCUT2D eigenvalue weighted by Crippen LogP contribution is 2.36. The second kappa shape index (κ2) is 6.92. The topological polar surface area (TPSA) is 101 Å². The molecule has 1 heterocycles. The van der Waals surface area contributed by atoms with E-state index in [1.165, 1.54) is 31.5 Å². The standard InChI is InChI=1S/C18H19N3O5S/c1-11-7-13-17(16(8-11)26-4)27(23,24)20-18(13)21(2)19-10-12-5-6-14(22)15(9-12)25-3/h5-10,22H,1-4H3/b19-10+. The van der Waals surface area contributed by atoms with E-state index in [0.29, 0.717) is 16.9 Å². The Morgan fingerprint density at radius 1 is 1.15 bits per heavy atom. The summed E-state index contributed by atoms with van der Waals surface area (Å²) in [7, 11) is 0.610. The van der Waals surface area contributed by atoms with E-state index >= 15 is 0 Å². The van der Waals surface area contributed by atoms with Gasteiger partial charge >= 0.3 is 0 Å². The van der Waals surface area contributed by atoms with Crippen LogP contribution in [-0.4, -0.2) is 51.9 Å². The number of methoxy groups -OCH3 is 2. The number of amidine groups is 1. The van der Waals surface area contributed by atoms with E-state index in [9.17, 15) is 13.5 Å². The number of aryl methyl sites for hydroxylation is 1. The zero-order chi connectivity index (χ0) is 19.8. The number of phenolic OH excluding ortho intramolecular Hbond substituents is 1. The summed E-state index contributed by atoms with van der Waals surface area (Å²) in [6, 6.07) is 8.14. The molecule has 1 N–H and O–H groups in total. The molecule has 0 spiro atoms. The van der Waals surface area contributed by atoms with Crippen molar-refractivity contribution < 1.29 is 23.0 Å². The molecule has 0 amide bonds. The number of phenols is 1. The second-order valence-electron chi connectivity index (χ2n) is 5.93. The van der Waals surface area contributed by atoms with E-state index in [1.54, 1.807) is 31.3 Å². The summed E-state index contributed by atoms with van der Waals surface area (Å²) in [5, 5.41) is 15.3. The maximum atomic E-state index is 12.5. The molecular weight excluding hydrogens is 370 g/mol. The first-order chi connectivity index (χ1) is 12.8. The molecule has 2 aromatic carbocycles. The predicted molar refractivity (Wildman–Crippen MR) is 101 cm³/mol. The third-order valence-corrected chi connectivity index (χ3v) is 5.37. The van der Waals surface area contributed by atoms with Crippen LogP contribution in [0.5, 0.6) is 17.2 Å². The molecule has 0 saturated carbocycles. The van der Waals surface area contributed by atoms with Gasteiger partial charge in [-0.3, -0.25) is 0 Å². The smallest absolute Gasteiger partial charge is 0.288 e. The maximum Gasteiger partial charge on any atom is 0.288 e. The van der Waals surface area contributed by atoms with Gasteiger partial charge in [0.2, 0.25) is 0 Å². The van der Waals surface area contributed by atoms with Crippen LogP contribution in [0.1, 0.15) is 16.7 Å². The Morgan fingerprint density at radius 2 is 1.85 bits per heavy atom. The molecule has 0 bridgehead atoms. The molecule has 27 heavy (non-hydrogen) atoms. The Bertz CT molecular complexity index is 1060. The molecule has 8 nitrogen and oxygen atoms in total. The summed E-state index contributed by atoms with van der Waals surface area (Å²) in [6.07, 6.45) is 1.52. The van der Waals surface area contributed by atoms with Gasteiger partial charge in [-0.05, 0) is 48.4 Å². The molecule has 1 aliphatic heterocycles. The van der Waals surface area contributed by atoms with Gasteiger partial charge in [-0.25, -0.2) is 5.01 Å². The third kappa shape index (κ3) is 3.45. The van der Waals surface area contributed by atoms with Gasteiger partial charge in [-0.15, -0.1) is 4.40 Å². The Labute approximate surface area is 157 Å². The van der Waals surface area contributed by atoms with Gasteiger partial charge in [-0.1, -0.05) is 0 Å². The monoisotopic (exact) mass is 389 g/mol. The SMILES string of the molecule is COc1cc(/C=N/N(C)C2=NS(=O)(=O)c3c(OC)cc(C)cc32)ccc1O. The molecular formula is C18H19N3O5S. The number of ether oxygens (including phenoxy) is 2. The summed E-state index contributed by atoms with van der Waals surface area (Å²) >= 11 is 0. The van der Waals surface area contributed by atoms with Crippen molar-refractivity contribution in [2.24, 2.45) is 9.50 Å². The number of nitrogens with zero attached hydrogens (tertiary/aromatic N) is 3. The lowest BCUT2D eigenvalue weighted by atomic mass is 10.1. The normalized spacial score (nSPS) is 14.7. The highest BCUT2D eigenvalue weighted by molar-refractivity contribution is 7.90. The number of sulfonamides is 1. The van der Waals surface area contributed by atoms with Crippen LogP contribution in [0, 0.1) is 6.92 Å². The van der Waals surface area contributed by atoms with Gasteiger partial charge in [0.15, 0.2) is 17.3 Å². The highest BCUT2D eigenvalue weighted by atomic mass is 32.2. The van der Waals surface area contributed by atoms with Crippen molar-refractivity contribution in [3.63, 3.8) is 0 Å². The molecule has 9 heteroatoms. The lowest BCUT2D eigenvalue weighted by Gasteiger charge is -2.14. The lowest BCUT2D eigenvalue weighted by Crippen LogP contribution is -2.21. The van der Waals surface area contributed by atoms with Crippen molar-refractivity contribution in [2.75, 3.05) is 21.3 Å². The third-order valence-electron chi connectivity index (χ3n) is 4.01. The Kier molecular flexibility index (Phi) is 4.79. The molecule has 0 atom stereocenters. The molecule has 3 rings (SSSR count). The van der Waals surface area contributed by atoms with Crippen molar-refractivity contribution in [3.8, 4) is 17.2 Å². The molecule has 1 aliphatic rings. The number of aromatic hydroxyl groups is 1. The van der Waals surface area contributed by atoms with Crippen LogP contribution in [0.25, 0.3) is 0 Å². The Hall–Kier alpha value is -3.07. The number of rotatable bonds is 4. The van der Waals surface area contributed by atoms with Gasteiger partial charge in [-0.2, -0.15) is 13.5 Å². The van der Waals surface area contributed by atoms with Crippen molar-refractivity contribution in [1.82, 2.24) is 5.01 Å². The molecule has 0 fully saturated rings. The van der Waals surface area contributed by atoms with E-state index in [-0.39, 0.29) is 22.2 Å². The first-order valence-electron chi connectivity index (χ1n) is 7.95. The van der Waals surface area contributed by atoms with Gasteiger partial charge < -0.3 is 14.6 Å². The number of hydrazone groups is 1. The van der Waals surface area contributed by atoms with Crippen LogP contribution >= 0.6 is 0 Å². The minimum absolute atomic E-state index is 0.0192. The average Bonchev–Trinajstić information content (AvgIpc) is 2.91. The fourth-order valence-electron chi connectivity index (χ4n) is 2.75. The number of fused-ring (bicyclic) bond motifs is 1. The number of hydrogen-bond donors (Lipinski definition) is 1. The lowest BCUT2D eigenvalue weighted by molar-refractivity contribution is 0.373. The minimum atomic E-state index is -3.86. The van der Waals surface area contributed by atoms with E-state index < -0.39 is 10.0 Å². The van der Waals surface area contributed by atoms with Gasteiger partial charge in [0.05, 0.1) is 20.4 Å². The fourth-order valence-corrected chi connectivity index (χ4v) is 4.11. The van der Waals surface area contributed by atoms with Crippen molar-refractivity contribution >= 4 is 22.1 Å². The van der Waals surface area contributed by atoms with E-state index in [0.717, 1.165) is 5.56 Å². The predicted octanol–water partition coefficient (Wildman–Crippen LogP) is 2.13. The van der Waals surface area contributed by atoms with Crippen LogP contribution < -0.4 is 9.47 Å². The van der Waals surface area contributed by atoms with E-state index in [1.807, 2.05) is 6.92 Å². The number of benzene rings is 2. The van der Waals surface area contributed by atoms with Crippen LogP contribution in [0.15, 0.2) is 44.7 Å².